The lowest BCUT2D eigenvalue weighted by atomic mass is 9.77. The Morgan fingerprint density at radius 1 is 1.13 bits per heavy atom. The van der Waals surface area contributed by atoms with Gasteiger partial charge in [-0.05, 0) is 55.5 Å². The number of nitrogens with two attached hydrogens (primary N) is 1. The van der Waals surface area contributed by atoms with Gasteiger partial charge in [-0.2, -0.15) is 0 Å². The van der Waals surface area contributed by atoms with Gasteiger partial charge in [0.05, 0.1) is 18.8 Å². The van der Waals surface area contributed by atoms with Crippen LogP contribution in [0.3, 0.4) is 0 Å². The number of fused-ring (bicyclic) bond motifs is 1. The van der Waals surface area contributed by atoms with E-state index >= 15 is 0 Å². The standard InChI is InChI=1S/C22H28N4O4/c23-22(12-30-13-22)16-5-7-25(8-6-16)10-14-1-2-15-11-26(21(29)17(15)9-14)18-3-4-19(27)24-20(18)28/h1-2,9,16,18H,3-8,10-13,23H2,(H,24,27,28). The Hall–Kier alpha value is -2.29. The SMILES string of the molecule is NC1(C2CCN(Cc3ccc4c(c3)C(=O)N(C3CCC(=O)NC3=O)C4)CC2)COC1. The van der Waals surface area contributed by atoms with Crippen LogP contribution in [-0.2, 0) is 27.4 Å². The smallest absolute Gasteiger partial charge is 0.255 e. The summed E-state index contributed by atoms with van der Waals surface area (Å²) in [4.78, 5) is 40.6. The summed E-state index contributed by atoms with van der Waals surface area (Å²) < 4.78 is 5.31. The van der Waals surface area contributed by atoms with Crippen LogP contribution in [-0.4, -0.2) is 65.4 Å². The molecule has 1 atom stereocenters. The maximum Gasteiger partial charge on any atom is 0.255 e. The molecule has 4 aliphatic rings. The molecular weight excluding hydrogens is 384 g/mol. The molecule has 0 radical (unpaired) electrons. The fraction of sp³-hybridized carbons (Fsp3) is 0.591. The molecule has 3 fully saturated rings. The quantitative estimate of drug-likeness (QED) is 0.693. The van der Waals surface area contributed by atoms with Crippen molar-refractivity contribution in [2.75, 3.05) is 26.3 Å². The van der Waals surface area contributed by atoms with Gasteiger partial charge >= 0.3 is 0 Å². The van der Waals surface area contributed by atoms with Crippen LogP contribution in [0.2, 0.25) is 0 Å². The largest absolute Gasteiger partial charge is 0.377 e. The van der Waals surface area contributed by atoms with Crippen LogP contribution in [0, 0.1) is 5.92 Å². The summed E-state index contributed by atoms with van der Waals surface area (Å²) in [6.07, 6.45) is 2.81. The Morgan fingerprint density at radius 3 is 2.57 bits per heavy atom. The number of ether oxygens (including phenoxy) is 1. The van der Waals surface area contributed by atoms with Crippen LogP contribution in [0.15, 0.2) is 18.2 Å². The van der Waals surface area contributed by atoms with Crippen LogP contribution >= 0.6 is 0 Å². The first-order valence-electron chi connectivity index (χ1n) is 10.8. The molecule has 1 aromatic rings. The molecule has 3 saturated heterocycles. The third-order valence-corrected chi connectivity index (χ3v) is 7.14. The minimum Gasteiger partial charge on any atom is -0.377 e. The summed E-state index contributed by atoms with van der Waals surface area (Å²) in [5.41, 5.74) is 9.02. The van der Waals surface area contributed by atoms with Crippen LogP contribution in [0.5, 0.6) is 0 Å². The van der Waals surface area contributed by atoms with Gasteiger partial charge in [-0.3, -0.25) is 24.6 Å². The fourth-order valence-electron chi connectivity index (χ4n) is 5.20. The highest BCUT2D eigenvalue weighted by atomic mass is 16.5. The van der Waals surface area contributed by atoms with E-state index in [1.54, 1.807) is 4.90 Å². The predicted octanol–water partition coefficient (Wildman–Crippen LogP) is 0.387. The summed E-state index contributed by atoms with van der Waals surface area (Å²) in [6, 6.07) is 5.49. The van der Waals surface area contributed by atoms with Crippen LogP contribution < -0.4 is 11.1 Å². The van der Waals surface area contributed by atoms with Gasteiger partial charge in [0.25, 0.3) is 5.91 Å². The topological polar surface area (TPSA) is 105 Å². The molecule has 0 bridgehead atoms. The molecule has 8 nitrogen and oxygen atoms in total. The summed E-state index contributed by atoms with van der Waals surface area (Å²) >= 11 is 0. The van der Waals surface area contributed by atoms with Crippen LogP contribution in [0.4, 0.5) is 0 Å². The number of nitrogens with zero attached hydrogens (tertiary/aromatic N) is 2. The average molecular weight is 412 g/mol. The number of piperidine rings is 2. The summed E-state index contributed by atoms with van der Waals surface area (Å²) in [6.45, 7) is 4.57. The predicted molar refractivity (Wildman–Crippen MR) is 108 cm³/mol. The molecule has 3 N–H and O–H groups in total. The lowest BCUT2D eigenvalue weighted by Crippen LogP contribution is -2.63. The number of hydrogen-bond donors (Lipinski definition) is 2. The van der Waals surface area contributed by atoms with Gasteiger partial charge in [0.1, 0.15) is 6.04 Å². The van der Waals surface area contributed by atoms with Gasteiger partial charge in [-0.1, -0.05) is 12.1 Å². The van der Waals surface area contributed by atoms with Gasteiger partial charge in [-0.15, -0.1) is 0 Å². The highest BCUT2D eigenvalue weighted by molar-refractivity contribution is 6.05. The molecule has 0 aliphatic carbocycles. The monoisotopic (exact) mass is 412 g/mol. The normalized spacial score (nSPS) is 27.0. The minimum atomic E-state index is -0.566. The van der Waals surface area contributed by atoms with E-state index in [4.69, 9.17) is 10.5 Å². The molecule has 0 spiro atoms. The highest BCUT2D eigenvalue weighted by Gasteiger charge is 2.43. The number of hydrogen-bond acceptors (Lipinski definition) is 6. The summed E-state index contributed by atoms with van der Waals surface area (Å²) in [7, 11) is 0. The van der Waals surface area contributed by atoms with Crippen molar-refractivity contribution in [1.82, 2.24) is 15.1 Å². The van der Waals surface area contributed by atoms with Crippen molar-refractivity contribution in [3.8, 4) is 0 Å². The van der Waals surface area contributed by atoms with Crippen molar-refractivity contribution in [2.24, 2.45) is 11.7 Å². The third-order valence-electron chi connectivity index (χ3n) is 7.14. The van der Waals surface area contributed by atoms with E-state index in [0.717, 1.165) is 43.6 Å². The Bertz CT molecular complexity index is 889. The summed E-state index contributed by atoms with van der Waals surface area (Å²) in [5.74, 6) is -0.233. The Labute approximate surface area is 175 Å². The van der Waals surface area contributed by atoms with E-state index in [9.17, 15) is 14.4 Å². The number of benzene rings is 1. The first-order chi connectivity index (χ1) is 14.4. The van der Waals surface area contributed by atoms with E-state index in [1.807, 2.05) is 12.1 Å². The molecule has 4 heterocycles. The molecule has 8 heteroatoms. The van der Waals surface area contributed by atoms with E-state index in [-0.39, 0.29) is 29.7 Å². The lowest BCUT2D eigenvalue weighted by molar-refractivity contribution is -0.136. The second-order valence-corrected chi connectivity index (χ2v) is 9.17. The molecule has 5 rings (SSSR count). The molecule has 0 saturated carbocycles. The fourth-order valence-corrected chi connectivity index (χ4v) is 5.20. The lowest BCUT2D eigenvalue weighted by Gasteiger charge is -2.47. The summed E-state index contributed by atoms with van der Waals surface area (Å²) in [5, 5.41) is 2.35. The maximum absolute atomic E-state index is 13.0. The van der Waals surface area contributed by atoms with Gasteiger partial charge in [0.15, 0.2) is 0 Å². The number of amides is 3. The van der Waals surface area contributed by atoms with E-state index in [2.05, 4.69) is 16.3 Å². The Balaban J connectivity index is 1.22. The molecule has 3 amide bonds. The number of rotatable bonds is 4. The minimum absolute atomic E-state index is 0.116. The zero-order valence-corrected chi connectivity index (χ0v) is 17.1. The zero-order chi connectivity index (χ0) is 20.9. The molecular formula is C22H28N4O4. The number of carbonyl (C=O) groups is 3. The third kappa shape index (κ3) is 3.42. The van der Waals surface area contributed by atoms with Crippen LogP contribution in [0.25, 0.3) is 0 Å². The van der Waals surface area contributed by atoms with E-state index in [1.165, 1.54) is 0 Å². The molecule has 1 unspecified atom stereocenters. The van der Waals surface area contributed by atoms with E-state index in [0.29, 0.717) is 37.7 Å². The van der Waals surface area contributed by atoms with Crippen molar-refractivity contribution in [3.63, 3.8) is 0 Å². The van der Waals surface area contributed by atoms with Crippen molar-refractivity contribution < 1.29 is 19.1 Å². The van der Waals surface area contributed by atoms with E-state index < -0.39 is 6.04 Å². The molecule has 0 aromatic heterocycles. The second kappa shape index (κ2) is 7.44. The average Bonchev–Trinajstić information content (AvgIpc) is 3.03. The zero-order valence-electron chi connectivity index (χ0n) is 17.1. The van der Waals surface area contributed by atoms with Crippen molar-refractivity contribution in [1.29, 1.82) is 0 Å². The number of imide groups is 1. The number of likely N-dealkylation sites (tertiary alicyclic amines) is 1. The highest BCUT2D eigenvalue weighted by Crippen LogP contribution is 2.33. The van der Waals surface area contributed by atoms with Crippen LogP contribution in [0.1, 0.15) is 47.2 Å². The number of carbonyl (C=O) groups excluding carboxylic acids is 3. The first-order valence-corrected chi connectivity index (χ1v) is 10.8. The molecule has 1 aromatic carbocycles. The van der Waals surface area contributed by atoms with Gasteiger partial charge in [0, 0.05) is 25.1 Å². The second-order valence-electron chi connectivity index (χ2n) is 9.17. The van der Waals surface area contributed by atoms with Crippen molar-refractivity contribution in [3.05, 3.63) is 34.9 Å². The first kappa shape index (κ1) is 19.7. The molecule has 160 valence electrons. The Kier molecular flexibility index (Phi) is 4.88. The van der Waals surface area contributed by atoms with Gasteiger partial charge in [-0.25, -0.2) is 0 Å². The number of nitrogens with one attached hydrogen (secondary N) is 1. The van der Waals surface area contributed by atoms with Crippen molar-refractivity contribution in [2.45, 2.75) is 50.4 Å². The maximum atomic E-state index is 13.0. The van der Waals surface area contributed by atoms with Crippen molar-refractivity contribution >= 4 is 17.7 Å². The molecule has 30 heavy (non-hydrogen) atoms. The molecule has 4 aliphatic heterocycles. The van der Waals surface area contributed by atoms with Gasteiger partial charge < -0.3 is 15.4 Å². The Morgan fingerprint density at radius 2 is 1.90 bits per heavy atom. The van der Waals surface area contributed by atoms with Gasteiger partial charge in [0.2, 0.25) is 11.8 Å².